The van der Waals surface area contributed by atoms with Crippen molar-refractivity contribution in [2.45, 2.75) is 31.8 Å². The van der Waals surface area contributed by atoms with Gasteiger partial charge in [-0.05, 0) is 53.9 Å². The highest BCUT2D eigenvalue weighted by Crippen LogP contribution is 2.25. The highest BCUT2D eigenvalue weighted by Gasteiger charge is 2.28. The van der Waals surface area contributed by atoms with E-state index in [1.54, 1.807) is 18.2 Å². The number of piperidine rings is 1. The first-order valence-corrected chi connectivity index (χ1v) is 7.17. The predicted molar refractivity (Wildman–Crippen MR) is 76.9 cm³/mol. The quantitative estimate of drug-likeness (QED) is 0.859. The van der Waals surface area contributed by atoms with E-state index >= 15 is 0 Å². The van der Waals surface area contributed by atoms with Gasteiger partial charge in [0.2, 0.25) is 0 Å². The number of halogens is 2. The summed E-state index contributed by atoms with van der Waals surface area (Å²) >= 11 is 9.35. The third-order valence-corrected chi connectivity index (χ3v) is 4.26. The minimum Gasteiger partial charge on any atom is -0.336 e. The fourth-order valence-electron chi connectivity index (χ4n) is 2.33. The second-order valence-electron chi connectivity index (χ2n) is 4.76. The number of amides is 1. The number of hydrogen-bond acceptors (Lipinski definition) is 2. The second-order valence-corrected chi connectivity index (χ2v) is 6.05. The number of rotatable bonds is 1. The molecule has 1 aromatic rings. The molecule has 1 aromatic carbocycles. The Hall–Kier alpha value is -0.580. The van der Waals surface area contributed by atoms with E-state index < -0.39 is 0 Å². The lowest BCUT2D eigenvalue weighted by Gasteiger charge is -2.36. The molecule has 0 unspecified atom stereocenters. The third-order valence-electron chi connectivity index (χ3n) is 3.34. The van der Waals surface area contributed by atoms with Crippen molar-refractivity contribution >= 4 is 33.4 Å². The highest BCUT2D eigenvalue weighted by atomic mass is 79.9. The number of nitrogens with two attached hydrogens (primary N) is 1. The molecule has 0 radical (unpaired) electrons. The zero-order chi connectivity index (χ0) is 13.3. The van der Waals surface area contributed by atoms with Crippen LogP contribution in [0.15, 0.2) is 22.7 Å². The van der Waals surface area contributed by atoms with Gasteiger partial charge in [0.15, 0.2) is 0 Å². The molecular weight excluding hydrogens is 316 g/mol. The van der Waals surface area contributed by atoms with E-state index in [0.717, 1.165) is 17.3 Å². The maximum absolute atomic E-state index is 12.5. The van der Waals surface area contributed by atoms with Crippen molar-refractivity contribution < 1.29 is 4.79 Å². The van der Waals surface area contributed by atoms with Gasteiger partial charge < -0.3 is 10.6 Å². The van der Waals surface area contributed by atoms with Crippen LogP contribution in [0.1, 0.15) is 30.1 Å². The first-order valence-electron chi connectivity index (χ1n) is 6.00. The lowest BCUT2D eigenvalue weighted by atomic mass is 9.98. The Morgan fingerprint density at radius 1 is 1.56 bits per heavy atom. The highest BCUT2D eigenvalue weighted by molar-refractivity contribution is 9.10. The van der Waals surface area contributed by atoms with Gasteiger partial charge in [-0.2, -0.15) is 0 Å². The molecule has 2 rings (SSSR count). The summed E-state index contributed by atoms with van der Waals surface area (Å²) in [4.78, 5) is 14.4. The van der Waals surface area contributed by atoms with Gasteiger partial charge in [-0.1, -0.05) is 11.6 Å². The van der Waals surface area contributed by atoms with Gasteiger partial charge in [0.05, 0.1) is 5.56 Å². The van der Waals surface area contributed by atoms with E-state index in [1.165, 1.54) is 0 Å². The predicted octanol–water partition coefficient (Wildman–Crippen LogP) is 3.05. The molecule has 0 spiro atoms. The van der Waals surface area contributed by atoms with Gasteiger partial charge in [0, 0.05) is 28.1 Å². The molecule has 1 aliphatic heterocycles. The van der Waals surface area contributed by atoms with E-state index in [4.69, 9.17) is 17.3 Å². The van der Waals surface area contributed by atoms with E-state index in [1.807, 2.05) is 11.8 Å². The zero-order valence-corrected chi connectivity index (χ0v) is 12.5. The van der Waals surface area contributed by atoms with Gasteiger partial charge in [-0.3, -0.25) is 4.79 Å². The van der Waals surface area contributed by atoms with Crippen molar-refractivity contribution in [3.05, 3.63) is 33.3 Å². The maximum atomic E-state index is 12.5. The van der Waals surface area contributed by atoms with Crippen LogP contribution in [0, 0.1) is 0 Å². The minimum absolute atomic E-state index is 0.0174. The molecule has 2 N–H and O–H groups in total. The van der Waals surface area contributed by atoms with Gasteiger partial charge in [-0.25, -0.2) is 0 Å². The Bertz CT molecular complexity index is 466. The SMILES string of the molecule is C[C@H]1C[C@@H](N)CCN1C(=O)c1cc(Cl)ccc1Br. The number of carbonyl (C=O) groups is 1. The van der Waals surface area contributed by atoms with Crippen LogP contribution in [-0.2, 0) is 0 Å². The van der Waals surface area contributed by atoms with Crippen LogP contribution in [0.3, 0.4) is 0 Å². The van der Waals surface area contributed by atoms with Crippen molar-refractivity contribution in [1.82, 2.24) is 4.90 Å². The number of benzene rings is 1. The van der Waals surface area contributed by atoms with E-state index in [2.05, 4.69) is 15.9 Å². The summed E-state index contributed by atoms with van der Waals surface area (Å²) < 4.78 is 0.777. The number of likely N-dealkylation sites (tertiary alicyclic amines) is 1. The van der Waals surface area contributed by atoms with Crippen LogP contribution in [0.2, 0.25) is 5.02 Å². The lowest BCUT2D eigenvalue weighted by molar-refractivity contribution is 0.0618. The Kier molecular flexibility index (Phi) is 4.30. The first kappa shape index (κ1) is 13.8. The average Bonchev–Trinajstić information content (AvgIpc) is 2.31. The normalized spacial score (nSPS) is 24.1. The Labute approximate surface area is 120 Å². The second kappa shape index (κ2) is 5.59. The zero-order valence-electron chi connectivity index (χ0n) is 10.2. The number of carbonyl (C=O) groups excluding carboxylic acids is 1. The first-order chi connectivity index (χ1) is 8.49. The summed E-state index contributed by atoms with van der Waals surface area (Å²) in [7, 11) is 0. The Balaban J connectivity index is 2.23. The molecule has 1 aliphatic rings. The Morgan fingerprint density at radius 2 is 2.28 bits per heavy atom. The third kappa shape index (κ3) is 2.87. The van der Waals surface area contributed by atoms with Gasteiger partial charge >= 0.3 is 0 Å². The molecule has 3 nitrogen and oxygen atoms in total. The summed E-state index contributed by atoms with van der Waals surface area (Å²) in [5, 5.41) is 0.572. The molecule has 0 bridgehead atoms. The molecule has 18 heavy (non-hydrogen) atoms. The molecule has 1 heterocycles. The van der Waals surface area contributed by atoms with Crippen LogP contribution in [-0.4, -0.2) is 29.4 Å². The van der Waals surface area contributed by atoms with Crippen LogP contribution < -0.4 is 5.73 Å². The van der Waals surface area contributed by atoms with E-state index in [9.17, 15) is 4.79 Å². The molecule has 0 saturated carbocycles. The molecule has 1 fully saturated rings. The molecule has 0 aliphatic carbocycles. The van der Waals surface area contributed by atoms with Crippen LogP contribution in [0.4, 0.5) is 0 Å². The topological polar surface area (TPSA) is 46.3 Å². The standard InChI is InChI=1S/C13H16BrClN2O/c1-8-6-10(16)4-5-17(8)13(18)11-7-9(15)2-3-12(11)14/h2-3,7-8,10H,4-6,16H2,1H3/t8-,10-/m0/s1. The van der Waals surface area contributed by atoms with Crippen molar-refractivity contribution in [3.8, 4) is 0 Å². The summed E-state index contributed by atoms with van der Waals surface area (Å²) in [5.41, 5.74) is 6.53. The van der Waals surface area contributed by atoms with E-state index in [0.29, 0.717) is 17.1 Å². The smallest absolute Gasteiger partial charge is 0.255 e. The maximum Gasteiger partial charge on any atom is 0.255 e. The monoisotopic (exact) mass is 330 g/mol. The lowest BCUT2D eigenvalue weighted by Crippen LogP contribution is -2.48. The summed E-state index contributed by atoms with van der Waals surface area (Å²) in [6, 6.07) is 5.64. The van der Waals surface area contributed by atoms with Crippen LogP contribution in [0.5, 0.6) is 0 Å². The summed E-state index contributed by atoms with van der Waals surface area (Å²) in [6.07, 6.45) is 1.71. The van der Waals surface area contributed by atoms with Crippen LogP contribution in [0.25, 0.3) is 0 Å². The van der Waals surface area contributed by atoms with E-state index in [-0.39, 0.29) is 18.0 Å². The molecular formula is C13H16BrClN2O. The van der Waals surface area contributed by atoms with Crippen molar-refractivity contribution in [1.29, 1.82) is 0 Å². The molecule has 5 heteroatoms. The average molecular weight is 332 g/mol. The van der Waals surface area contributed by atoms with Crippen molar-refractivity contribution in [3.63, 3.8) is 0 Å². The van der Waals surface area contributed by atoms with Crippen LogP contribution >= 0.6 is 27.5 Å². The molecule has 1 amide bonds. The largest absolute Gasteiger partial charge is 0.336 e. The van der Waals surface area contributed by atoms with Gasteiger partial charge in [-0.15, -0.1) is 0 Å². The van der Waals surface area contributed by atoms with Crippen molar-refractivity contribution in [2.24, 2.45) is 5.73 Å². The van der Waals surface area contributed by atoms with Gasteiger partial charge in [0.1, 0.15) is 0 Å². The Morgan fingerprint density at radius 3 is 2.94 bits per heavy atom. The fraction of sp³-hybridized carbons (Fsp3) is 0.462. The summed E-state index contributed by atoms with van der Waals surface area (Å²) in [6.45, 7) is 2.75. The molecule has 2 atom stereocenters. The molecule has 0 aromatic heterocycles. The number of nitrogens with zero attached hydrogens (tertiary/aromatic N) is 1. The molecule has 1 saturated heterocycles. The van der Waals surface area contributed by atoms with Crippen molar-refractivity contribution in [2.75, 3.05) is 6.54 Å². The minimum atomic E-state index is 0.0174. The summed E-state index contributed by atoms with van der Waals surface area (Å²) in [5.74, 6) is 0.0174. The fourth-order valence-corrected chi connectivity index (χ4v) is 2.91. The number of hydrogen-bond donors (Lipinski definition) is 1. The molecule has 98 valence electrons. The van der Waals surface area contributed by atoms with Gasteiger partial charge in [0.25, 0.3) is 5.91 Å².